The lowest BCUT2D eigenvalue weighted by Gasteiger charge is -2.30. The largest absolute Gasteiger partial charge is 0.480 e. The molecule has 0 aliphatic carbocycles. The van der Waals surface area contributed by atoms with E-state index in [1.165, 1.54) is 17.4 Å². The molecule has 0 spiro atoms. The Labute approximate surface area is 203 Å². The zero-order chi connectivity index (χ0) is 26.1. The van der Waals surface area contributed by atoms with Gasteiger partial charge in [0.15, 0.2) is 0 Å². The molecule has 35 heavy (non-hydrogen) atoms. The molecule has 1 aliphatic heterocycles. The highest BCUT2D eigenvalue weighted by atomic mass is 16.4. The number of nitrogens with zero attached hydrogens (tertiary/aromatic N) is 2. The molecule has 1 saturated heterocycles. The van der Waals surface area contributed by atoms with Crippen molar-refractivity contribution in [3.63, 3.8) is 0 Å². The van der Waals surface area contributed by atoms with Crippen LogP contribution in [0.4, 0.5) is 0 Å². The Balaban J connectivity index is 2.12. The van der Waals surface area contributed by atoms with Crippen LogP contribution in [0.15, 0.2) is 12.5 Å². The van der Waals surface area contributed by atoms with Crippen LogP contribution in [-0.4, -0.2) is 80.3 Å². The number of carbonyl (C=O) groups excluding carboxylic acids is 4. The highest BCUT2D eigenvalue weighted by Gasteiger charge is 2.38. The van der Waals surface area contributed by atoms with Crippen LogP contribution < -0.4 is 22.1 Å². The van der Waals surface area contributed by atoms with E-state index in [1.807, 2.05) is 13.8 Å². The number of likely N-dealkylation sites (tertiary alicyclic amines) is 1. The molecule has 8 N–H and O–H groups in total. The quantitative estimate of drug-likeness (QED) is 0.192. The van der Waals surface area contributed by atoms with Crippen LogP contribution in [0.25, 0.3) is 0 Å². The molecule has 0 bridgehead atoms. The first-order chi connectivity index (χ1) is 16.5. The van der Waals surface area contributed by atoms with Crippen LogP contribution in [0.5, 0.6) is 0 Å². The Bertz CT molecular complexity index is 906. The molecule has 2 rings (SSSR count). The van der Waals surface area contributed by atoms with Gasteiger partial charge in [-0.05, 0) is 25.2 Å². The van der Waals surface area contributed by atoms with Gasteiger partial charge in [0.05, 0.1) is 12.4 Å². The lowest BCUT2D eigenvalue weighted by Crippen LogP contribution is -2.57. The van der Waals surface area contributed by atoms with Gasteiger partial charge in [-0.15, -0.1) is 0 Å². The minimum absolute atomic E-state index is 0.0596. The van der Waals surface area contributed by atoms with Gasteiger partial charge in [-0.25, -0.2) is 9.78 Å². The first kappa shape index (κ1) is 27.8. The number of imidazole rings is 1. The Morgan fingerprint density at radius 2 is 1.97 bits per heavy atom. The van der Waals surface area contributed by atoms with Gasteiger partial charge in [-0.2, -0.15) is 0 Å². The number of nitrogens with two attached hydrogens (primary N) is 2. The number of carbonyl (C=O) groups is 5. The second-order valence-corrected chi connectivity index (χ2v) is 8.85. The van der Waals surface area contributed by atoms with Gasteiger partial charge >= 0.3 is 5.97 Å². The fraction of sp³-hybridized carbons (Fsp3) is 0.636. The normalized spacial score (nSPS) is 18.8. The van der Waals surface area contributed by atoms with Crippen molar-refractivity contribution in [3.05, 3.63) is 18.2 Å². The molecule has 1 aliphatic rings. The van der Waals surface area contributed by atoms with Crippen molar-refractivity contribution in [1.29, 1.82) is 0 Å². The summed E-state index contributed by atoms with van der Waals surface area (Å²) in [6.07, 6.45) is 4.12. The molecule has 13 heteroatoms. The fourth-order valence-corrected chi connectivity index (χ4v) is 3.90. The third-order valence-electron chi connectivity index (χ3n) is 6.29. The molecule has 13 nitrogen and oxygen atoms in total. The standard InChI is InChI=1S/C22H35N7O6/c1-3-12(2)18(24)21(33)29-8-4-5-16(29)20(32)27-14(6-7-17(23)30)19(31)28-15(22(34)35)9-13-10-25-11-26-13/h10-12,14-16,18H,3-9,24H2,1-2H3,(H2,23,30)(H,25,26)(H,27,32)(H,28,31)(H,34,35). The van der Waals surface area contributed by atoms with Crippen LogP contribution in [-0.2, 0) is 30.4 Å². The summed E-state index contributed by atoms with van der Waals surface area (Å²) in [5.41, 5.74) is 11.8. The number of primary amides is 1. The van der Waals surface area contributed by atoms with E-state index in [0.717, 1.165) is 0 Å². The molecule has 0 radical (unpaired) electrons. The van der Waals surface area contributed by atoms with Gasteiger partial charge in [-0.1, -0.05) is 20.3 Å². The van der Waals surface area contributed by atoms with Crippen molar-refractivity contribution in [3.8, 4) is 0 Å². The molecule has 1 aromatic rings. The van der Waals surface area contributed by atoms with Crippen LogP contribution in [0.1, 0.15) is 51.6 Å². The molecule has 0 aromatic carbocycles. The predicted molar refractivity (Wildman–Crippen MR) is 124 cm³/mol. The molecular formula is C22H35N7O6. The van der Waals surface area contributed by atoms with Gasteiger partial charge in [0.2, 0.25) is 23.6 Å². The van der Waals surface area contributed by atoms with Crippen molar-refractivity contribution in [2.24, 2.45) is 17.4 Å². The molecular weight excluding hydrogens is 458 g/mol. The number of hydrogen-bond acceptors (Lipinski definition) is 7. The summed E-state index contributed by atoms with van der Waals surface area (Å²) in [6, 6.07) is -4.09. The third-order valence-corrected chi connectivity index (χ3v) is 6.29. The van der Waals surface area contributed by atoms with Gasteiger partial charge in [0, 0.05) is 31.3 Å². The van der Waals surface area contributed by atoms with Gasteiger partial charge in [0.1, 0.15) is 18.1 Å². The van der Waals surface area contributed by atoms with E-state index in [9.17, 15) is 29.1 Å². The summed E-state index contributed by atoms with van der Waals surface area (Å²) in [7, 11) is 0. The van der Waals surface area contributed by atoms with Gasteiger partial charge in [-0.3, -0.25) is 19.2 Å². The topological polar surface area (TPSA) is 214 Å². The summed E-state index contributed by atoms with van der Waals surface area (Å²) in [5.74, 6) is -3.71. The monoisotopic (exact) mass is 493 g/mol. The van der Waals surface area contributed by atoms with Crippen LogP contribution in [0.2, 0.25) is 0 Å². The number of aromatic nitrogens is 2. The smallest absolute Gasteiger partial charge is 0.326 e. The second kappa shape index (κ2) is 12.8. The zero-order valence-electron chi connectivity index (χ0n) is 20.0. The van der Waals surface area contributed by atoms with E-state index in [-0.39, 0.29) is 31.1 Å². The number of hydrogen-bond donors (Lipinski definition) is 6. The maximum atomic E-state index is 13.1. The minimum atomic E-state index is -1.30. The van der Waals surface area contributed by atoms with E-state index in [1.54, 1.807) is 0 Å². The average Bonchev–Trinajstić information content (AvgIpc) is 3.51. The maximum absolute atomic E-state index is 13.1. The number of aromatic amines is 1. The second-order valence-electron chi connectivity index (χ2n) is 8.85. The molecule has 1 fully saturated rings. The predicted octanol–water partition coefficient (Wildman–Crippen LogP) is -1.36. The lowest BCUT2D eigenvalue weighted by atomic mass is 9.98. The summed E-state index contributed by atoms with van der Waals surface area (Å²) in [6.45, 7) is 4.15. The van der Waals surface area contributed by atoms with Gasteiger partial charge in [0.25, 0.3) is 0 Å². The van der Waals surface area contributed by atoms with Gasteiger partial charge < -0.3 is 37.1 Å². The van der Waals surface area contributed by atoms with E-state index in [2.05, 4.69) is 20.6 Å². The Hall–Kier alpha value is -3.48. The molecule has 5 unspecified atom stereocenters. The first-order valence-corrected chi connectivity index (χ1v) is 11.7. The summed E-state index contributed by atoms with van der Waals surface area (Å²) in [5, 5.41) is 14.5. The van der Waals surface area contributed by atoms with E-state index >= 15 is 0 Å². The number of carboxylic acid groups (broad SMARTS) is 1. The Morgan fingerprint density at radius 3 is 2.54 bits per heavy atom. The number of aliphatic carboxylic acids is 1. The van der Waals surface area contributed by atoms with E-state index in [0.29, 0.717) is 31.5 Å². The third kappa shape index (κ3) is 7.77. The van der Waals surface area contributed by atoms with Crippen molar-refractivity contribution in [2.75, 3.05) is 6.54 Å². The van der Waals surface area contributed by atoms with E-state index in [4.69, 9.17) is 11.5 Å². The highest BCUT2D eigenvalue weighted by Crippen LogP contribution is 2.21. The highest BCUT2D eigenvalue weighted by molar-refractivity contribution is 5.94. The summed E-state index contributed by atoms with van der Waals surface area (Å²) in [4.78, 5) is 69.9. The number of nitrogens with one attached hydrogen (secondary N) is 3. The molecule has 194 valence electrons. The van der Waals surface area contributed by atoms with Crippen molar-refractivity contribution < 1.29 is 29.1 Å². The molecule has 2 heterocycles. The van der Waals surface area contributed by atoms with Crippen LogP contribution in [0, 0.1) is 5.92 Å². The Morgan fingerprint density at radius 1 is 1.26 bits per heavy atom. The lowest BCUT2D eigenvalue weighted by molar-refractivity contribution is -0.143. The fourth-order valence-electron chi connectivity index (χ4n) is 3.90. The maximum Gasteiger partial charge on any atom is 0.326 e. The molecule has 1 aromatic heterocycles. The summed E-state index contributed by atoms with van der Waals surface area (Å²) >= 11 is 0. The van der Waals surface area contributed by atoms with Crippen LogP contribution >= 0.6 is 0 Å². The molecule has 4 amide bonds. The summed E-state index contributed by atoms with van der Waals surface area (Å²) < 4.78 is 0. The zero-order valence-corrected chi connectivity index (χ0v) is 20.0. The molecule has 0 saturated carbocycles. The SMILES string of the molecule is CCC(C)C(N)C(=O)N1CCCC1C(=O)NC(CCC(N)=O)C(=O)NC(Cc1cnc[nH]1)C(=O)O. The number of amides is 4. The number of H-pyrrole nitrogens is 1. The van der Waals surface area contributed by atoms with Crippen molar-refractivity contribution >= 4 is 29.6 Å². The number of carboxylic acids is 1. The van der Waals surface area contributed by atoms with Crippen LogP contribution in [0.3, 0.4) is 0 Å². The number of rotatable bonds is 13. The molecule has 5 atom stereocenters. The van der Waals surface area contributed by atoms with Crippen molar-refractivity contribution in [2.45, 2.75) is 76.5 Å². The van der Waals surface area contributed by atoms with E-state index < -0.39 is 47.9 Å². The van der Waals surface area contributed by atoms with Crippen molar-refractivity contribution in [1.82, 2.24) is 25.5 Å². The minimum Gasteiger partial charge on any atom is -0.480 e. The Kier molecular flexibility index (Phi) is 10.2. The average molecular weight is 494 g/mol. The first-order valence-electron chi connectivity index (χ1n) is 11.7.